The van der Waals surface area contributed by atoms with Crippen molar-refractivity contribution in [2.24, 2.45) is 4.99 Å². The Balaban J connectivity index is 1.53. The van der Waals surface area contributed by atoms with Crippen molar-refractivity contribution in [2.75, 3.05) is 20.6 Å². The zero-order chi connectivity index (χ0) is 19.1. The van der Waals surface area contributed by atoms with Crippen molar-refractivity contribution in [3.05, 3.63) is 78.0 Å². The average molecular weight is 365 g/mol. The van der Waals surface area contributed by atoms with Crippen LogP contribution in [0.3, 0.4) is 0 Å². The number of hydrogen-bond donors (Lipinski definition) is 2. The van der Waals surface area contributed by atoms with Crippen LogP contribution in [-0.4, -0.2) is 41.5 Å². The highest BCUT2D eigenvalue weighted by Crippen LogP contribution is 2.16. The highest BCUT2D eigenvalue weighted by Gasteiger charge is 2.09. The molecule has 1 aromatic heterocycles. The van der Waals surface area contributed by atoms with Gasteiger partial charge in [0, 0.05) is 20.6 Å². The normalized spacial score (nSPS) is 11.4. The van der Waals surface area contributed by atoms with Crippen LogP contribution >= 0.6 is 0 Å². The number of hydrogen-bond acceptors (Lipinski definition) is 2. The van der Waals surface area contributed by atoms with Gasteiger partial charge in [0.1, 0.15) is 11.6 Å². The molecule has 0 aliphatic rings. The average Bonchev–Trinajstić information content (AvgIpc) is 3.16. The van der Waals surface area contributed by atoms with Crippen LogP contribution in [0.15, 0.2) is 65.8 Å². The summed E-state index contributed by atoms with van der Waals surface area (Å²) in [6.45, 7) is 1.33. The van der Waals surface area contributed by atoms with Crippen LogP contribution in [0.1, 0.15) is 11.4 Å². The van der Waals surface area contributed by atoms with Gasteiger partial charge in [0.05, 0.1) is 18.4 Å². The van der Waals surface area contributed by atoms with Gasteiger partial charge in [-0.2, -0.15) is 0 Å². The molecule has 0 unspecified atom stereocenters. The van der Waals surface area contributed by atoms with Crippen molar-refractivity contribution in [1.82, 2.24) is 20.2 Å². The topological polar surface area (TPSA) is 56.3 Å². The number of aliphatic imine (C=N–C) groups is 1. The smallest absolute Gasteiger partial charge is 0.193 e. The lowest BCUT2D eigenvalue weighted by atomic mass is 10.1. The third-order valence-electron chi connectivity index (χ3n) is 4.28. The van der Waals surface area contributed by atoms with Crippen molar-refractivity contribution in [3.63, 3.8) is 0 Å². The molecular weight excluding hydrogens is 341 g/mol. The van der Waals surface area contributed by atoms with Crippen LogP contribution in [0.5, 0.6) is 0 Å². The summed E-state index contributed by atoms with van der Waals surface area (Å²) in [6.07, 6.45) is 2.65. The lowest BCUT2D eigenvalue weighted by Crippen LogP contribution is -2.39. The number of imidazole rings is 1. The molecule has 3 aromatic rings. The minimum atomic E-state index is -0.212. The lowest BCUT2D eigenvalue weighted by Gasteiger charge is -2.21. The van der Waals surface area contributed by atoms with Gasteiger partial charge >= 0.3 is 0 Å². The summed E-state index contributed by atoms with van der Waals surface area (Å²) in [7, 11) is 3.73. The molecule has 0 radical (unpaired) electrons. The molecule has 3 rings (SSSR count). The van der Waals surface area contributed by atoms with E-state index >= 15 is 0 Å². The fourth-order valence-corrected chi connectivity index (χ4v) is 2.86. The van der Waals surface area contributed by atoms with E-state index < -0.39 is 0 Å². The van der Waals surface area contributed by atoms with Gasteiger partial charge in [0.2, 0.25) is 0 Å². The Hall–Kier alpha value is -3.15. The van der Waals surface area contributed by atoms with Crippen LogP contribution in [0, 0.1) is 5.82 Å². The van der Waals surface area contributed by atoms with Gasteiger partial charge in [-0.05, 0) is 29.7 Å². The second-order valence-corrected chi connectivity index (χ2v) is 6.32. The number of halogens is 1. The summed E-state index contributed by atoms with van der Waals surface area (Å²) < 4.78 is 13.0. The highest BCUT2D eigenvalue weighted by atomic mass is 19.1. The number of rotatable bonds is 6. The molecule has 0 spiro atoms. The number of aromatic amines is 1. The maximum atomic E-state index is 13.0. The Morgan fingerprint density at radius 3 is 2.59 bits per heavy atom. The van der Waals surface area contributed by atoms with Crippen molar-refractivity contribution >= 4 is 5.96 Å². The molecule has 5 nitrogen and oxygen atoms in total. The number of aromatic nitrogens is 2. The molecule has 0 atom stereocenters. The van der Waals surface area contributed by atoms with E-state index in [-0.39, 0.29) is 5.82 Å². The Kier molecular flexibility index (Phi) is 6.20. The monoisotopic (exact) mass is 365 g/mol. The molecule has 0 saturated heterocycles. The van der Waals surface area contributed by atoms with Gasteiger partial charge in [0.15, 0.2) is 5.96 Å². The van der Waals surface area contributed by atoms with Crippen LogP contribution in [-0.2, 0) is 13.0 Å². The van der Waals surface area contributed by atoms with Crippen LogP contribution < -0.4 is 5.32 Å². The first kappa shape index (κ1) is 18.6. The van der Waals surface area contributed by atoms with E-state index in [9.17, 15) is 4.39 Å². The Morgan fingerprint density at radius 2 is 1.89 bits per heavy atom. The summed E-state index contributed by atoms with van der Waals surface area (Å²) in [4.78, 5) is 14.2. The van der Waals surface area contributed by atoms with Gasteiger partial charge in [-0.3, -0.25) is 4.99 Å². The molecule has 0 amide bonds. The van der Waals surface area contributed by atoms with Gasteiger partial charge in [-0.1, -0.05) is 42.5 Å². The number of nitrogens with zero attached hydrogens (tertiary/aromatic N) is 3. The Labute approximate surface area is 159 Å². The molecule has 140 valence electrons. The van der Waals surface area contributed by atoms with Crippen LogP contribution in [0.4, 0.5) is 4.39 Å². The van der Waals surface area contributed by atoms with E-state index in [1.165, 1.54) is 12.1 Å². The largest absolute Gasteiger partial charge is 0.356 e. The van der Waals surface area contributed by atoms with Crippen molar-refractivity contribution in [1.29, 1.82) is 0 Å². The predicted molar refractivity (Wildman–Crippen MR) is 107 cm³/mol. The summed E-state index contributed by atoms with van der Waals surface area (Å²) >= 11 is 0. The van der Waals surface area contributed by atoms with Crippen molar-refractivity contribution < 1.29 is 4.39 Å². The maximum Gasteiger partial charge on any atom is 0.193 e. The summed E-state index contributed by atoms with van der Waals surface area (Å²) in [5.74, 6) is 1.45. The summed E-state index contributed by atoms with van der Waals surface area (Å²) in [6, 6.07) is 16.7. The molecule has 0 saturated carbocycles. The Morgan fingerprint density at radius 1 is 1.15 bits per heavy atom. The molecule has 27 heavy (non-hydrogen) atoms. The van der Waals surface area contributed by atoms with Crippen molar-refractivity contribution in [2.45, 2.75) is 13.0 Å². The highest BCUT2D eigenvalue weighted by molar-refractivity contribution is 5.79. The summed E-state index contributed by atoms with van der Waals surface area (Å²) in [5, 5.41) is 3.33. The predicted octanol–water partition coefficient (Wildman–Crippen LogP) is 3.47. The zero-order valence-corrected chi connectivity index (χ0v) is 15.6. The van der Waals surface area contributed by atoms with E-state index in [1.54, 1.807) is 19.2 Å². The molecule has 2 N–H and O–H groups in total. The van der Waals surface area contributed by atoms with E-state index in [4.69, 9.17) is 0 Å². The van der Waals surface area contributed by atoms with Crippen LogP contribution in [0.25, 0.3) is 11.3 Å². The molecule has 0 aliphatic heterocycles. The third kappa shape index (κ3) is 5.17. The van der Waals surface area contributed by atoms with Gasteiger partial charge < -0.3 is 15.2 Å². The fraction of sp³-hybridized carbons (Fsp3) is 0.238. The zero-order valence-electron chi connectivity index (χ0n) is 15.6. The van der Waals surface area contributed by atoms with Gasteiger partial charge in [0.25, 0.3) is 0 Å². The second-order valence-electron chi connectivity index (χ2n) is 6.32. The van der Waals surface area contributed by atoms with Gasteiger partial charge in [-0.25, -0.2) is 9.37 Å². The molecule has 0 aliphatic carbocycles. The SMILES string of the molecule is CN=C(NCCc1ccc(F)cc1)N(C)Cc1ncc(-c2ccccc2)[nH]1. The van der Waals surface area contributed by atoms with Crippen LogP contribution in [0.2, 0.25) is 0 Å². The van der Waals surface area contributed by atoms with E-state index in [0.29, 0.717) is 6.54 Å². The van der Waals surface area contributed by atoms with E-state index in [2.05, 4.69) is 32.4 Å². The second kappa shape index (κ2) is 8.98. The lowest BCUT2D eigenvalue weighted by molar-refractivity contribution is 0.464. The first-order valence-electron chi connectivity index (χ1n) is 8.91. The molecule has 0 bridgehead atoms. The number of guanidine groups is 1. The first-order chi connectivity index (χ1) is 13.2. The number of H-pyrrole nitrogens is 1. The molecule has 6 heteroatoms. The first-order valence-corrected chi connectivity index (χ1v) is 8.91. The standard InChI is InChI=1S/C21H24FN5/c1-23-21(24-13-12-16-8-10-18(22)11-9-16)27(2)15-20-25-14-19(26-20)17-6-4-3-5-7-17/h3-11,14H,12-13,15H2,1-2H3,(H,23,24)(H,25,26). The molecular formula is C21H24FN5. The number of benzene rings is 2. The Bertz CT molecular complexity index is 871. The molecule has 0 fully saturated rings. The van der Waals surface area contributed by atoms with Crippen molar-refractivity contribution in [3.8, 4) is 11.3 Å². The van der Waals surface area contributed by atoms with E-state index in [1.807, 2.05) is 36.3 Å². The van der Waals surface area contributed by atoms with E-state index in [0.717, 1.165) is 41.6 Å². The minimum absolute atomic E-state index is 0.212. The number of nitrogens with one attached hydrogen (secondary N) is 2. The minimum Gasteiger partial charge on any atom is -0.356 e. The van der Waals surface area contributed by atoms with Gasteiger partial charge in [-0.15, -0.1) is 0 Å². The summed E-state index contributed by atoms with van der Waals surface area (Å²) in [5.41, 5.74) is 3.19. The third-order valence-corrected chi connectivity index (χ3v) is 4.28. The quantitative estimate of drug-likeness (QED) is 0.519. The maximum absolute atomic E-state index is 13.0. The molecule has 2 aromatic carbocycles. The fourth-order valence-electron chi connectivity index (χ4n) is 2.86. The molecule has 1 heterocycles.